The van der Waals surface area contributed by atoms with Crippen LogP contribution in [0, 0.1) is 34.5 Å². The number of ether oxygens (including phenoxy) is 5. The smallest absolute Gasteiger partial charge is 0.432 e. The summed E-state index contributed by atoms with van der Waals surface area (Å²) in [6.45, 7) is 12.0. The van der Waals surface area contributed by atoms with Gasteiger partial charge in [-0.25, -0.2) is 9.59 Å². The van der Waals surface area contributed by atoms with Crippen LogP contribution in [0.1, 0.15) is 124 Å². The third-order valence-corrected chi connectivity index (χ3v) is 13.4. The van der Waals surface area contributed by atoms with Crippen molar-refractivity contribution in [3.8, 4) is 0 Å². The van der Waals surface area contributed by atoms with Gasteiger partial charge in [0.05, 0.1) is 23.5 Å². The number of aromatic nitrogens is 1. The molecule has 14 heteroatoms. The van der Waals surface area contributed by atoms with Gasteiger partial charge in [-0.15, -0.1) is 0 Å². The lowest BCUT2D eigenvalue weighted by Gasteiger charge is -2.61. The largest absolute Gasteiger partial charge is 0.510 e. The molecule has 13 nitrogen and oxygen atoms in total. The molecule has 4 unspecified atom stereocenters. The summed E-state index contributed by atoms with van der Waals surface area (Å²) in [4.78, 5) is 23.5. The summed E-state index contributed by atoms with van der Waals surface area (Å²) in [5, 5.41) is 15.3. The summed E-state index contributed by atoms with van der Waals surface area (Å²) < 4.78 is 54.6. The zero-order valence-corrected chi connectivity index (χ0v) is 31.0. The number of rotatable bonds is 13. The van der Waals surface area contributed by atoms with Crippen LogP contribution in [0.15, 0.2) is 10.6 Å². The number of hydrogen-bond acceptors (Lipinski definition) is 13. The topological polar surface area (TPSA) is 162 Å². The standard InChI is InChI=1S/C35H56NO12P/c1-22(2)46-31(37)42-19-44-49(40,45-20-43-32(38)47-23(3)4)21-41-18-25-16-30(36-48-25)29-11-10-27-26-9-8-24-17-33(5,39)14-15-34(24,6)28(26)12-13-35(27,29)7/h16,22-24,26-29,39H,8-15,17-21H2,1-7H3/t24?,26?,27?,28?,29-,33-,34+,35+/m1/s1. The molecular weight excluding hydrogens is 657 g/mol. The Morgan fingerprint density at radius 2 is 1.53 bits per heavy atom. The lowest BCUT2D eigenvalue weighted by atomic mass is 9.44. The van der Waals surface area contributed by atoms with Crippen LogP contribution in [0.3, 0.4) is 0 Å². The van der Waals surface area contributed by atoms with E-state index in [1.807, 2.05) is 13.0 Å². The second kappa shape index (κ2) is 15.2. The van der Waals surface area contributed by atoms with E-state index in [0.717, 1.165) is 37.8 Å². The number of hydrogen-bond donors (Lipinski definition) is 1. The molecule has 4 aliphatic rings. The number of nitrogens with zero attached hydrogens (tertiary/aromatic N) is 1. The van der Waals surface area contributed by atoms with E-state index < -0.39 is 57.6 Å². The fourth-order valence-electron chi connectivity index (χ4n) is 9.61. The lowest BCUT2D eigenvalue weighted by Crippen LogP contribution is -2.55. The van der Waals surface area contributed by atoms with Crippen LogP contribution < -0.4 is 0 Å². The highest BCUT2D eigenvalue weighted by atomic mass is 31.2. The van der Waals surface area contributed by atoms with Crippen molar-refractivity contribution >= 4 is 19.9 Å². The maximum Gasteiger partial charge on any atom is 0.510 e. The van der Waals surface area contributed by atoms with Crippen molar-refractivity contribution in [2.45, 2.75) is 137 Å². The van der Waals surface area contributed by atoms with Crippen LogP contribution in [0.25, 0.3) is 0 Å². The molecule has 4 saturated carbocycles. The minimum atomic E-state index is -4.08. The summed E-state index contributed by atoms with van der Waals surface area (Å²) >= 11 is 0. The maximum atomic E-state index is 13.4. The van der Waals surface area contributed by atoms with Crippen molar-refractivity contribution in [2.24, 2.45) is 34.5 Å². The van der Waals surface area contributed by atoms with E-state index in [4.69, 9.17) is 37.3 Å². The Balaban J connectivity index is 1.17. The zero-order valence-electron chi connectivity index (χ0n) is 30.1. The van der Waals surface area contributed by atoms with Crippen LogP contribution in [-0.2, 0) is 43.9 Å². The Morgan fingerprint density at radius 3 is 2.16 bits per heavy atom. The van der Waals surface area contributed by atoms with Crippen molar-refractivity contribution < 1.29 is 56.5 Å². The second-order valence-corrected chi connectivity index (χ2v) is 18.0. The minimum Gasteiger partial charge on any atom is -0.432 e. The summed E-state index contributed by atoms with van der Waals surface area (Å²) in [6.07, 6.45) is 6.59. The van der Waals surface area contributed by atoms with Gasteiger partial charge in [-0.05, 0) is 127 Å². The first-order valence-electron chi connectivity index (χ1n) is 17.8. The Hall–Kier alpha value is -2.18. The van der Waals surface area contributed by atoms with Crippen molar-refractivity contribution in [3.05, 3.63) is 17.5 Å². The minimum absolute atomic E-state index is 0.0582. The molecule has 1 N–H and O–H groups in total. The van der Waals surface area contributed by atoms with Crippen LogP contribution in [0.4, 0.5) is 9.59 Å². The quantitative estimate of drug-likeness (QED) is 0.118. The van der Waals surface area contributed by atoms with Crippen LogP contribution >= 0.6 is 7.60 Å². The first kappa shape index (κ1) is 38.1. The third-order valence-electron chi connectivity index (χ3n) is 11.9. The summed E-state index contributed by atoms with van der Waals surface area (Å²) in [6, 6.07) is 1.93. The molecule has 49 heavy (non-hydrogen) atoms. The van der Waals surface area contributed by atoms with E-state index in [0.29, 0.717) is 34.8 Å². The molecule has 8 atom stereocenters. The zero-order chi connectivity index (χ0) is 35.6. The van der Waals surface area contributed by atoms with Gasteiger partial charge in [0, 0.05) is 12.0 Å². The number of carbonyl (C=O) groups excluding carboxylic acids is 2. The van der Waals surface area contributed by atoms with E-state index >= 15 is 0 Å². The molecule has 0 bridgehead atoms. The monoisotopic (exact) mass is 713 g/mol. The van der Waals surface area contributed by atoms with Gasteiger partial charge < -0.3 is 33.3 Å². The normalized spacial score (nSPS) is 34.2. The number of aliphatic hydroxyl groups is 1. The van der Waals surface area contributed by atoms with Crippen LogP contribution in [-0.4, -0.2) is 60.3 Å². The highest BCUT2D eigenvalue weighted by Gasteiger charge is 2.61. The van der Waals surface area contributed by atoms with Gasteiger partial charge in [-0.3, -0.25) is 13.6 Å². The van der Waals surface area contributed by atoms with Crippen molar-refractivity contribution in [3.63, 3.8) is 0 Å². The predicted molar refractivity (Wildman–Crippen MR) is 176 cm³/mol. The number of carbonyl (C=O) groups is 2. The van der Waals surface area contributed by atoms with Gasteiger partial charge in [0.15, 0.2) is 5.76 Å². The molecule has 278 valence electrons. The van der Waals surface area contributed by atoms with Gasteiger partial charge in [0.1, 0.15) is 13.0 Å². The van der Waals surface area contributed by atoms with Gasteiger partial charge in [0.2, 0.25) is 13.6 Å². The van der Waals surface area contributed by atoms with Gasteiger partial charge >= 0.3 is 19.9 Å². The van der Waals surface area contributed by atoms with Crippen LogP contribution in [0.2, 0.25) is 0 Å². The fourth-order valence-corrected chi connectivity index (χ4v) is 10.6. The Bertz CT molecular complexity index is 1320. The SMILES string of the molecule is CC(C)OC(=O)OCOP(=O)(COCc1cc([C@H]2CCC3C4CCC5C[C@](C)(O)CC[C@]5(C)C4CC[C@@]32C)no1)OCOC(=O)OC(C)C. The highest BCUT2D eigenvalue weighted by Crippen LogP contribution is 2.69. The Kier molecular flexibility index (Phi) is 11.8. The summed E-state index contributed by atoms with van der Waals surface area (Å²) in [5.41, 5.74) is 0.826. The van der Waals surface area contributed by atoms with Gasteiger partial charge in [-0.1, -0.05) is 19.0 Å². The van der Waals surface area contributed by atoms with E-state index in [2.05, 4.69) is 19.0 Å². The molecule has 5 rings (SSSR count). The molecule has 0 radical (unpaired) electrons. The molecule has 1 aromatic rings. The molecule has 0 aliphatic heterocycles. The Morgan fingerprint density at radius 1 is 0.898 bits per heavy atom. The molecule has 4 aliphatic carbocycles. The average molecular weight is 714 g/mol. The molecule has 0 spiro atoms. The first-order valence-corrected chi connectivity index (χ1v) is 19.6. The Labute approximate surface area is 289 Å². The molecule has 1 heterocycles. The molecule has 0 saturated heterocycles. The molecular formula is C35H56NO12P. The number of fused-ring (bicyclic) bond motifs is 5. The molecule has 4 fully saturated rings. The molecule has 1 aromatic heterocycles. The lowest BCUT2D eigenvalue weighted by molar-refractivity contribution is -0.143. The van der Waals surface area contributed by atoms with E-state index in [9.17, 15) is 19.3 Å². The van der Waals surface area contributed by atoms with E-state index in [1.165, 1.54) is 25.7 Å². The van der Waals surface area contributed by atoms with Crippen LogP contribution in [0.5, 0.6) is 0 Å². The molecule has 0 aromatic carbocycles. The van der Waals surface area contributed by atoms with Crippen molar-refractivity contribution in [2.75, 3.05) is 19.9 Å². The summed E-state index contributed by atoms with van der Waals surface area (Å²) in [7, 11) is -4.08. The van der Waals surface area contributed by atoms with Gasteiger partial charge in [-0.2, -0.15) is 0 Å². The third kappa shape index (κ3) is 8.83. The van der Waals surface area contributed by atoms with E-state index in [1.54, 1.807) is 27.7 Å². The maximum absolute atomic E-state index is 13.4. The van der Waals surface area contributed by atoms with Crippen molar-refractivity contribution in [1.82, 2.24) is 5.16 Å². The predicted octanol–water partition coefficient (Wildman–Crippen LogP) is 8.29. The molecule has 0 amide bonds. The van der Waals surface area contributed by atoms with Gasteiger partial charge in [0.25, 0.3) is 0 Å². The highest BCUT2D eigenvalue weighted by molar-refractivity contribution is 7.53. The average Bonchev–Trinajstić information content (AvgIpc) is 3.60. The fraction of sp³-hybridized carbons (Fsp3) is 0.857. The summed E-state index contributed by atoms with van der Waals surface area (Å²) in [5.74, 6) is 3.39. The van der Waals surface area contributed by atoms with Crippen molar-refractivity contribution in [1.29, 1.82) is 0 Å². The first-order chi connectivity index (χ1) is 23.0. The van der Waals surface area contributed by atoms with E-state index in [-0.39, 0.29) is 17.9 Å². The second-order valence-electron chi connectivity index (χ2n) is 16.0.